The summed E-state index contributed by atoms with van der Waals surface area (Å²) < 4.78 is 7.17. The summed E-state index contributed by atoms with van der Waals surface area (Å²) in [4.78, 5) is 6.91. The predicted molar refractivity (Wildman–Crippen MR) is 82.8 cm³/mol. The van der Waals surface area contributed by atoms with E-state index in [9.17, 15) is 0 Å². The van der Waals surface area contributed by atoms with Crippen LogP contribution in [0.5, 0.6) is 0 Å². The number of nitrogens with zero attached hydrogens (tertiary/aromatic N) is 4. The minimum Gasteiger partial charge on any atom is -0.383 e. The first-order chi connectivity index (χ1) is 10.3. The third-order valence-electron chi connectivity index (χ3n) is 3.96. The van der Waals surface area contributed by atoms with Gasteiger partial charge in [-0.2, -0.15) is 5.10 Å². The summed E-state index contributed by atoms with van der Waals surface area (Å²) in [6.45, 7) is 5.62. The molecule has 0 aliphatic carbocycles. The minimum absolute atomic E-state index is 0.535. The molecule has 2 aromatic rings. The number of anilines is 1. The highest BCUT2D eigenvalue weighted by atomic mass is 16.5. The predicted octanol–water partition coefficient (Wildman–Crippen LogP) is 1.24. The van der Waals surface area contributed by atoms with E-state index in [0.29, 0.717) is 12.6 Å². The molecule has 0 radical (unpaired) electrons. The lowest BCUT2D eigenvalue weighted by Crippen LogP contribution is -2.39. The van der Waals surface area contributed by atoms with Gasteiger partial charge in [0.05, 0.1) is 12.3 Å². The van der Waals surface area contributed by atoms with Crippen LogP contribution in [-0.2, 0) is 4.74 Å². The van der Waals surface area contributed by atoms with Crippen LogP contribution in [0.25, 0.3) is 5.52 Å². The summed E-state index contributed by atoms with van der Waals surface area (Å²) in [6, 6.07) is 2.62. The number of rotatable bonds is 6. The molecule has 3 rings (SSSR count). The Bertz CT molecular complexity index is 591. The first-order valence-electron chi connectivity index (χ1n) is 7.56. The van der Waals surface area contributed by atoms with Gasteiger partial charge >= 0.3 is 0 Å². The molecule has 6 heteroatoms. The Balaban J connectivity index is 1.88. The molecule has 21 heavy (non-hydrogen) atoms. The molecule has 0 spiro atoms. The van der Waals surface area contributed by atoms with Gasteiger partial charge in [0.25, 0.3) is 0 Å². The van der Waals surface area contributed by atoms with Crippen molar-refractivity contribution in [2.45, 2.75) is 25.8 Å². The van der Waals surface area contributed by atoms with E-state index in [4.69, 9.17) is 4.74 Å². The van der Waals surface area contributed by atoms with Gasteiger partial charge in [-0.05, 0) is 32.4 Å². The van der Waals surface area contributed by atoms with Crippen molar-refractivity contribution in [2.75, 3.05) is 38.3 Å². The zero-order valence-corrected chi connectivity index (χ0v) is 12.7. The van der Waals surface area contributed by atoms with Crippen molar-refractivity contribution in [2.24, 2.45) is 0 Å². The van der Waals surface area contributed by atoms with Crippen molar-refractivity contribution < 1.29 is 4.74 Å². The number of methoxy groups -OCH3 is 1. The maximum absolute atomic E-state index is 5.26. The van der Waals surface area contributed by atoms with Crippen LogP contribution in [0.15, 0.2) is 18.5 Å². The third kappa shape index (κ3) is 3.16. The number of nitrogens with one attached hydrogen (secondary N) is 1. The standard InChI is InChI=1S/C15H23N5O/c1-12-10-14-15(17-6-7-20(14)18-12)19(8-9-21-2)11-13-4-3-5-16-13/h6-7,10,13,16H,3-5,8-9,11H2,1-2H3. The molecule has 1 fully saturated rings. The van der Waals surface area contributed by atoms with Gasteiger partial charge in [-0.15, -0.1) is 0 Å². The van der Waals surface area contributed by atoms with E-state index in [0.717, 1.165) is 36.7 Å². The van der Waals surface area contributed by atoms with Crippen LogP contribution >= 0.6 is 0 Å². The summed E-state index contributed by atoms with van der Waals surface area (Å²) in [5, 5.41) is 8.03. The number of fused-ring (bicyclic) bond motifs is 1. The fourth-order valence-electron chi connectivity index (χ4n) is 2.94. The van der Waals surface area contributed by atoms with E-state index in [-0.39, 0.29) is 0 Å². The van der Waals surface area contributed by atoms with Gasteiger partial charge in [-0.25, -0.2) is 9.50 Å². The first kappa shape index (κ1) is 14.3. The number of hydrogen-bond acceptors (Lipinski definition) is 5. The molecule has 2 aromatic heterocycles. The Morgan fingerprint density at radius 3 is 3.19 bits per heavy atom. The number of aryl methyl sites for hydroxylation is 1. The van der Waals surface area contributed by atoms with Gasteiger partial charge < -0.3 is 15.0 Å². The van der Waals surface area contributed by atoms with E-state index in [2.05, 4.69) is 26.4 Å². The highest BCUT2D eigenvalue weighted by molar-refractivity contribution is 5.69. The SMILES string of the molecule is COCCN(CC1CCCN1)c1nccn2nc(C)cc12. The summed E-state index contributed by atoms with van der Waals surface area (Å²) >= 11 is 0. The Morgan fingerprint density at radius 2 is 2.43 bits per heavy atom. The summed E-state index contributed by atoms with van der Waals surface area (Å²) in [5.41, 5.74) is 2.07. The highest BCUT2D eigenvalue weighted by Gasteiger charge is 2.20. The maximum atomic E-state index is 5.26. The number of ether oxygens (including phenoxy) is 1. The number of aromatic nitrogens is 3. The molecule has 0 saturated carbocycles. The largest absolute Gasteiger partial charge is 0.383 e. The van der Waals surface area contributed by atoms with E-state index < -0.39 is 0 Å². The molecule has 3 heterocycles. The van der Waals surface area contributed by atoms with Crippen LogP contribution in [0.3, 0.4) is 0 Å². The van der Waals surface area contributed by atoms with E-state index in [1.165, 1.54) is 12.8 Å². The zero-order chi connectivity index (χ0) is 14.7. The molecule has 0 bridgehead atoms. The van der Waals surface area contributed by atoms with Gasteiger partial charge in [0.1, 0.15) is 5.52 Å². The second-order valence-electron chi connectivity index (χ2n) is 5.60. The van der Waals surface area contributed by atoms with Gasteiger partial charge in [0.2, 0.25) is 0 Å². The summed E-state index contributed by atoms with van der Waals surface area (Å²) in [5.74, 6) is 0.990. The van der Waals surface area contributed by atoms with E-state index in [1.54, 1.807) is 7.11 Å². The molecule has 1 N–H and O–H groups in total. The van der Waals surface area contributed by atoms with Crippen LogP contribution in [-0.4, -0.2) is 54.0 Å². The lowest BCUT2D eigenvalue weighted by molar-refractivity contribution is 0.204. The minimum atomic E-state index is 0.535. The summed E-state index contributed by atoms with van der Waals surface area (Å²) in [7, 11) is 1.74. The molecule has 1 aliphatic heterocycles. The van der Waals surface area contributed by atoms with Crippen molar-refractivity contribution in [1.82, 2.24) is 19.9 Å². The fourth-order valence-corrected chi connectivity index (χ4v) is 2.94. The molecule has 6 nitrogen and oxygen atoms in total. The number of hydrogen-bond donors (Lipinski definition) is 1. The average Bonchev–Trinajstić information content (AvgIpc) is 3.11. The van der Waals surface area contributed by atoms with E-state index >= 15 is 0 Å². The average molecular weight is 289 g/mol. The van der Waals surface area contributed by atoms with Crippen LogP contribution in [0.4, 0.5) is 5.82 Å². The third-order valence-corrected chi connectivity index (χ3v) is 3.96. The molecule has 114 valence electrons. The molecular formula is C15H23N5O. The van der Waals surface area contributed by atoms with Crippen LogP contribution in [0.1, 0.15) is 18.5 Å². The van der Waals surface area contributed by atoms with Crippen molar-refractivity contribution in [3.8, 4) is 0 Å². The Morgan fingerprint density at radius 1 is 1.52 bits per heavy atom. The zero-order valence-electron chi connectivity index (χ0n) is 12.7. The summed E-state index contributed by atoms with van der Waals surface area (Å²) in [6.07, 6.45) is 6.20. The van der Waals surface area contributed by atoms with Crippen molar-refractivity contribution in [1.29, 1.82) is 0 Å². The molecule has 1 atom stereocenters. The topological polar surface area (TPSA) is 54.7 Å². The van der Waals surface area contributed by atoms with Gasteiger partial charge in [0, 0.05) is 38.6 Å². The molecular weight excluding hydrogens is 266 g/mol. The van der Waals surface area contributed by atoms with Crippen LogP contribution < -0.4 is 10.2 Å². The van der Waals surface area contributed by atoms with Crippen molar-refractivity contribution >= 4 is 11.3 Å². The lowest BCUT2D eigenvalue weighted by Gasteiger charge is -2.27. The van der Waals surface area contributed by atoms with Crippen molar-refractivity contribution in [3.63, 3.8) is 0 Å². The van der Waals surface area contributed by atoms with Crippen molar-refractivity contribution in [3.05, 3.63) is 24.2 Å². The molecule has 0 amide bonds. The van der Waals surface area contributed by atoms with Gasteiger partial charge in [-0.1, -0.05) is 0 Å². The quantitative estimate of drug-likeness (QED) is 0.867. The molecule has 0 aromatic carbocycles. The van der Waals surface area contributed by atoms with Crippen LogP contribution in [0.2, 0.25) is 0 Å². The molecule has 1 unspecified atom stereocenters. The Kier molecular flexibility index (Phi) is 4.36. The molecule has 1 aliphatic rings. The first-order valence-corrected chi connectivity index (χ1v) is 7.56. The van der Waals surface area contributed by atoms with Gasteiger partial charge in [-0.3, -0.25) is 0 Å². The lowest BCUT2D eigenvalue weighted by atomic mass is 10.2. The fraction of sp³-hybridized carbons (Fsp3) is 0.600. The van der Waals surface area contributed by atoms with Gasteiger partial charge in [0.15, 0.2) is 5.82 Å². The second-order valence-corrected chi connectivity index (χ2v) is 5.60. The second kappa shape index (κ2) is 6.41. The maximum Gasteiger partial charge on any atom is 0.154 e. The normalized spacial score (nSPS) is 18.5. The Labute approximate surface area is 125 Å². The van der Waals surface area contributed by atoms with E-state index in [1.807, 2.05) is 23.8 Å². The monoisotopic (exact) mass is 289 g/mol. The smallest absolute Gasteiger partial charge is 0.154 e. The van der Waals surface area contributed by atoms with Crippen LogP contribution in [0, 0.1) is 6.92 Å². The highest BCUT2D eigenvalue weighted by Crippen LogP contribution is 2.21. The molecule has 1 saturated heterocycles. The Hall–Kier alpha value is -1.66.